The molecule has 15 heavy (non-hydrogen) atoms. The Hall–Kier alpha value is -0.880. The van der Waals surface area contributed by atoms with Crippen LogP contribution in [0.5, 0.6) is 0 Å². The van der Waals surface area contributed by atoms with Gasteiger partial charge in [-0.05, 0) is 25.0 Å². The third kappa shape index (κ3) is 1.79. The SMILES string of the molecule is c1ccc2pn(C3CCCCC3)nc2c1. The highest BCUT2D eigenvalue weighted by atomic mass is 31.0. The summed E-state index contributed by atoms with van der Waals surface area (Å²) in [5, 5.41) is 6.06. The summed E-state index contributed by atoms with van der Waals surface area (Å²) in [6.45, 7) is 0. The minimum absolute atomic E-state index is 0.688. The van der Waals surface area contributed by atoms with Crippen LogP contribution in [0.4, 0.5) is 0 Å². The third-order valence-electron chi connectivity index (χ3n) is 3.20. The smallest absolute Gasteiger partial charge is 0.0972 e. The summed E-state index contributed by atoms with van der Waals surface area (Å²) in [6.07, 6.45) is 6.81. The van der Waals surface area contributed by atoms with Gasteiger partial charge in [-0.2, -0.15) is 5.10 Å². The molecule has 0 radical (unpaired) electrons. The average molecular weight is 218 g/mol. The van der Waals surface area contributed by atoms with Crippen LogP contribution in [0, 0.1) is 0 Å². The monoisotopic (exact) mass is 218 g/mol. The van der Waals surface area contributed by atoms with E-state index in [0.29, 0.717) is 6.04 Å². The fraction of sp³-hybridized carbons (Fsp3) is 0.500. The van der Waals surface area contributed by atoms with Crippen LogP contribution >= 0.6 is 8.35 Å². The molecule has 0 unspecified atom stereocenters. The molecule has 1 aliphatic carbocycles. The number of fused-ring (bicyclic) bond motifs is 1. The van der Waals surface area contributed by atoms with Gasteiger partial charge in [0.1, 0.15) is 0 Å². The van der Waals surface area contributed by atoms with Crippen LogP contribution in [-0.4, -0.2) is 9.54 Å². The highest BCUT2D eigenvalue weighted by molar-refractivity contribution is 7.33. The van der Waals surface area contributed by atoms with Gasteiger partial charge in [-0.1, -0.05) is 31.4 Å². The fourth-order valence-electron chi connectivity index (χ4n) is 2.35. The van der Waals surface area contributed by atoms with E-state index >= 15 is 0 Å². The first-order valence-electron chi connectivity index (χ1n) is 5.75. The maximum atomic E-state index is 4.70. The largest absolute Gasteiger partial charge is 0.243 e. The zero-order valence-corrected chi connectivity index (χ0v) is 9.66. The second-order valence-electron chi connectivity index (χ2n) is 4.30. The Balaban J connectivity index is 1.96. The lowest BCUT2D eigenvalue weighted by Gasteiger charge is -2.21. The van der Waals surface area contributed by atoms with Crippen molar-refractivity contribution in [2.24, 2.45) is 0 Å². The van der Waals surface area contributed by atoms with Crippen LogP contribution < -0.4 is 0 Å². The minimum atomic E-state index is 0.688. The summed E-state index contributed by atoms with van der Waals surface area (Å²) in [7, 11) is 1.29. The van der Waals surface area contributed by atoms with Gasteiger partial charge in [-0.15, -0.1) is 0 Å². The van der Waals surface area contributed by atoms with Crippen molar-refractivity contribution in [1.29, 1.82) is 0 Å². The van der Waals surface area contributed by atoms with E-state index in [4.69, 9.17) is 5.10 Å². The van der Waals surface area contributed by atoms with Crippen molar-refractivity contribution in [2.75, 3.05) is 0 Å². The summed E-state index contributed by atoms with van der Waals surface area (Å²) in [5.74, 6) is 0. The van der Waals surface area contributed by atoms with Crippen LogP contribution in [0.25, 0.3) is 10.6 Å². The van der Waals surface area contributed by atoms with Gasteiger partial charge in [0.15, 0.2) is 0 Å². The van der Waals surface area contributed by atoms with Gasteiger partial charge < -0.3 is 0 Å². The van der Waals surface area contributed by atoms with Crippen molar-refractivity contribution in [3.63, 3.8) is 0 Å². The lowest BCUT2D eigenvalue weighted by Crippen LogP contribution is -2.11. The molecule has 3 rings (SSSR count). The Morgan fingerprint density at radius 1 is 1.13 bits per heavy atom. The normalized spacial score (nSPS) is 18.9. The van der Waals surface area contributed by atoms with E-state index in [1.165, 1.54) is 51.1 Å². The number of rotatable bonds is 1. The fourth-order valence-corrected chi connectivity index (χ4v) is 3.48. The Bertz CT molecular complexity index is 424. The van der Waals surface area contributed by atoms with Crippen molar-refractivity contribution in [1.82, 2.24) is 9.54 Å². The standard InChI is InChI=1S/C12H15N2P/c1-2-6-10(7-3-1)14-13-11-8-4-5-9-12(11)15-14/h4-5,8-10H,1-3,6-7H2. The van der Waals surface area contributed by atoms with Crippen LogP contribution in [-0.2, 0) is 0 Å². The van der Waals surface area contributed by atoms with E-state index in [2.05, 4.69) is 28.7 Å². The molecule has 1 aromatic heterocycles. The van der Waals surface area contributed by atoms with Gasteiger partial charge >= 0.3 is 0 Å². The molecule has 1 aromatic carbocycles. The van der Waals surface area contributed by atoms with E-state index in [1.54, 1.807) is 0 Å². The highest BCUT2D eigenvalue weighted by Gasteiger charge is 2.16. The molecular formula is C12H15N2P. The molecule has 1 fully saturated rings. The number of aromatic nitrogens is 2. The maximum absolute atomic E-state index is 4.70. The molecule has 78 valence electrons. The molecule has 0 aliphatic heterocycles. The first kappa shape index (κ1) is 9.35. The van der Waals surface area contributed by atoms with Crippen LogP contribution in [0.2, 0.25) is 0 Å². The minimum Gasteiger partial charge on any atom is -0.243 e. The Morgan fingerprint density at radius 2 is 1.93 bits per heavy atom. The lowest BCUT2D eigenvalue weighted by molar-refractivity contribution is 0.350. The maximum Gasteiger partial charge on any atom is 0.0972 e. The van der Waals surface area contributed by atoms with Gasteiger partial charge in [-0.3, -0.25) is 0 Å². The summed E-state index contributed by atoms with van der Waals surface area (Å²) in [4.78, 5) is 0. The van der Waals surface area contributed by atoms with E-state index in [-0.39, 0.29) is 0 Å². The molecule has 1 saturated carbocycles. The zero-order valence-electron chi connectivity index (χ0n) is 8.76. The molecule has 3 heteroatoms. The Kier molecular flexibility index (Phi) is 2.46. The molecule has 2 nitrogen and oxygen atoms in total. The molecule has 1 heterocycles. The lowest BCUT2D eigenvalue weighted by atomic mass is 9.96. The predicted octanol–water partition coefficient (Wildman–Crippen LogP) is 4.12. The van der Waals surface area contributed by atoms with Crippen LogP contribution in [0.3, 0.4) is 0 Å². The van der Waals surface area contributed by atoms with Gasteiger partial charge in [0.05, 0.1) is 11.6 Å². The van der Waals surface area contributed by atoms with Crippen molar-refractivity contribution in [3.05, 3.63) is 24.3 Å². The van der Waals surface area contributed by atoms with Gasteiger partial charge in [0.25, 0.3) is 0 Å². The Morgan fingerprint density at radius 3 is 2.73 bits per heavy atom. The summed E-state index contributed by atoms with van der Waals surface area (Å²) in [6, 6.07) is 9.16. The highest BCUT2D eigenvalue weighted by Crippen LogP contribution is 2.33. The van der Waals surface area contributed by atoms with Crippen LogP contribution in [0.1, 0.15) is 38.1 Å². The number of hydrogen-bond donors (Lipinski definition) is 0. The predicted molar refractivity (Wildman–Crippen MR) is 64.4 cm³/mol. The molecule has 2 aromatic rings. The van der Waals surface area contributed by atoms with Crippen molar-refractivity contribution in [2.45, 2.75) is 38.1 Å². The van der Waals surface area contributed by atoms with Crippen LogP contribution in [0.15, 0.2) is 24.3 Å². The van der Waals surface area contributed by atoms with E-state index in [9.17, 15) is 0 Å². The van der Waals surface area contributed by atoms with Gasteiger partial charge in [0.2, 0.25) is 0 Å². The first-order valence-corrected chi connectivity index (χ1v) is 6.60. The number of benzene rings is 1. The molecule has 0 bridgehead atoms. The quantitative estimate of drug-likeness (QED) is 0.704. The molecule has 1 aliphatic rings. The molecule has 0 amide bonds. The van der Waals surface area contributed by atoms with Crippen molar-refractivity contribution in [3.8, 4) is 0 Å². The van der Waals surface area contributed by atoms with Crippen molar-refractivity contribution >= 4 is 19.0 Å². The zero-order chi connectivity index (χ0) is 10.1. The number of hydrogen-bond acceptors (Lipinski definition) is 1. The van der Waals surface area contributed by atoms with Gasteiger partial charge in [-0.25, -0.2) is 4.44 Å². The van der Waals surface area contributed by atoms with Gasteiger partial charge in [0, 0.05) is 13.5 Å². The first-order chi connectivity index (χ1) is 7.43. The van der Waals surface area contributed by atoms with E-state index in [1.807, 2.05) is 0 Å². The summed E-state index contributed by atoms with van der Waals surface area (Å²) >= 11 is 0. The molecule has 0 atom stereocenters. The summed E-state index contributed by atoms with van der Waals surface area (Å²) in [5.41, 5.74) is 1.17. The second kappa shape index (κ2) is 3.94. The number of nitrogens with zero attached hydrogens (tertiary/aromatic N) is 2. The molecular weight excluding hydrogens is 203 g/mol. The molecule has 0 N–H and O–H groups in total. The van der Waals surface area contributed by atoms with E-state index < -0.39 is 0 Å². The molecule has 0 saturated heterocycles. The second-order valence-corrected chi connectivity index (χ2v) is 5.39. The average Bonchev–Trinajstić information content (AvgIpc) is 2.74. The Labute approximate surface area is 91.5 Å². The summed E-state index contributed by atoms with van der Waals surface area (Å²) < 4.78 is 2.28. The third-order valence-corrected chi connectivity index (χ3v) is 4.42. The van der Waals surface area contributed by atoms with E-state index in [0.717, 1.165) is 0 Å². The molecule has 0 spiro atoms. The topological polar surface area (TPSA) is 17.8 Å². The van der Waals surface area contributed by atoms with Crippen molar-refractivity contribution < 1.29 is 0 Å².